The molecule has 2 rings (SSSR count). The van der Waals surface area contributed by atoms with Crippen molar-refractivity contribution in [3.8, 4) is 11.1 Å². The highest BCUT2D eigenvalue weighted by Gasteiger charge is 2.17. The van der Waals surface area contributed by atoms with E-state index in [0.29, 0.717) is 23.7 Å². The molecule has 0 saturated carbocycles. The Morgan fingerprint density at radius 3 is 2.43 bits per heavy atom. The molecule has 0 atom stereocenters. The molecule has 0 aliphatic rings. The van der Waals surface area contributed by atoms with Crippen LogP contribution in [0.5, 0.6) is 0 Å². The maximum atomic E-state index is 14.4. The van der Waals surface area contributed by atoms with E-state index in [4.69, 9.17) is 0 Å². The van der Waals surface area contributed by atoms with E-state index >= 15 is 0 Å². The Kier molecular flexibility index (Phi) is 4.73. The number of hydrogen-bond acceptors (Lipinski definition) is 1. The van der Waals surface area contributed by atoms with Gasteiger partial charge in [-0.15, -0.1) is 0 Å². The predicted molar refractivity (Wildman–Crippen MR) is 83.2 cm³/mol. The summed E-state index contributed by atoms with van der Waals surface area (Å²) in [5, 5.41) is 3.30. The molecule has 0 fully saturated rings. The molecular weight excluding hydrogens is 268 g/mol. The first kappa shape index (κ1) is 15.6. The highest BCUT2D eigenvalue weighted by molar-refractivity contribution is 5.70. The summed E-state index contributed by atoms with van der Waals surface area (Å²) in [6.07, 6.45) is 0. The molecule has 0 aromatic heterocycles. The van der Waals surface area contributed by atoms with E-state index in [1.165, 1.54) is 12.1 Å². The molecule has 1 nitrogen and oxygen atoms in total. The molecule has 0 amide bonds. The Hall–Kier alpha value is -1.74. The van der Waals surface area contributed by atoms with Gasteiger partial charge in [0.2, 0.25) is 0 Å². The van der Waals surface area contributed by atoms with Crippen LogP contribution < -0.4 is 5.32 Å². The minimum absolute atomic E-state index is 0.0688. The summed E-state index contributed by atoms with van der Waals surface area (Å²) in [4.78, 5) is 0. The summed E-state index contributed by atoms with van der Waals surface area (Å²) in [6.45, 7) is 8.25. The molecule has 0 heterocycles. The van der Waals surface area contributed by atoms with Crippen LogP contribution in [0.1, 0.15) is 30.5 Å². The van der Waals surface area contributed by atoms with Crippen molar-refractivity contribution in [3.05, 3.63) is 58.7 Å². The van der Waals surface area contributed by atoms with Crippen molar-refractivity contribution in [2.45, 2.75) is 40.3 Å². The number of rotatable bonds is 4. The van der Waals surface area contributed by atoms with E-state index in [2.05, 4.69) is 5.32 Å². The van der Waals surface area contributed by atoms with Crippen LogP contribution in [0, 0.1) is 25.5 Å². The summed E-state index contributed by atoms with van der Waals surface area (Å²) < 4.78 is 28.6. The lowest BCUT2D eigenvalue weighted by molar-refractivity contribution is 0.578. The standard InChI is InChI=1S/C18H21F2N/c1-11(2)21-10-14-7-5-12(3)9-15(14)17-16(19)8-6-13(4)18(17)20/h5-9,11,21H,10H2,1-4H3. The fourth-order valence-corrected chi connectivity index (χ4v) is 2.29. The van der Waals surface area contributed by atoms with Gasteiger partial charge in [-0.3, -0.25) is 0 Å². The number of hydrogen-bond donors (Lipinski definition) is 1. The average molecular weight is 289 g/mol. The van der Waals surface area contributed by atoms with E-state index in [9.17, 15) is 8.78 Å². The van der Waals surface area contributed by atoms with Crippen LogP contribution in [0.3, 0.4) is 0 Å². The van der Waals surface area contributed by atoms with Gasteiger partial charge >= 0.3 is 0 Å². The van der Waals surface area contributed by atoms with Gasteiger partial charge in [0.1, 0.15) is 11.6 Å². The molecule has 21 heavy (non-hydrogen) atoms. The van der Waals surface area contributed by atoms with E-state index in [1.807, 2.05) is 39.0 Å². The Labute approximate surface area is 125 Å². The van der Waals surface area contributed by atoms with Crippen LogP contribution >= 0.6 is 0 Å². The van der Waals surface area contributed by atoms with Gasteiger partial charge in [0.25, 0.3) is 0 Å². The monoisotopic (exact) mass is 289 g/mol. The van der Waals surface area contributed by atoms with Gasteiger partial charge in [-0.2, -0.15) is 0 Å². The summed E-state index contributed by atoms with van der Waals surface area (Å²) in [5.41, 5.74) is 3.04. The third kappa shape index (κ3) is 3.48. The largest absolute Gasteiger partial charge is 0.310 e. The smallest absolute Gasteiger partial charge is 0.136 e. The van der Waals surface area contributed by atoms with Crippen LogP contribution in [-0.4, -0.2) is 6.04 Å². The lowest BCUT2D eigenvalue weighted by Gasteiger charge is -2.15. The first-order chi connectivity index (χ1) is 9.90. The third-order valence-corrected chi connectivity index (χ3v) is 3.52. The van der Waals surface area contributed by atoms with Crippen molar-refractivity contribution >= 4 is 0 Å². The minimum Gasteiger partial charge on any atom is -0.310 e. The molecule has 0 unspecified atom stereocenters. The summed E-state index contributed by atoms with van der Waals surface area (Å²) >= 11 is 0. The zero-order chi connectivity index (χ0) is 15.6. The summed E-state index contributed by atoms with van der Waals surface area (Å²) in [7, 11) is 0. The second-order valence-electron chi connectivity index (χ2n) is 5.75. The number of nitrogens with one attached hydrogen (secondary N) is 1. The topological polar surface area (TPSA) is 12.0 Å². The second kappa shape index (κ2) is 6.35. The zero-order valence-electron chi connectivity index (χ0n) is 12.9. The molecule has 1 N–H and O–H groups in total. The van der Waals surface area contributed by atoms with Gasteiger partial charge in [0.15, 0.2) is 0 Å². The molecule has 2 aromatic rings. The highest BCUT2D eigenvalue weighted by Crippen LogP contribution is 2.31. The van der Waals surface area contributed by atoms with Gasteiger partial charge in [0, 0.05) is 12.6 Å². The second-order valence-corrected chi connectivity index (χ2v) is 5.75. The number of halogens is 2. The summed E-state index contributed by atoms with van der Waals surface area (Å²) in [6, 6.07) is 8.85. The molecular formula is C18H21F2N. The molecule has 2 aromatic carbocycles. The van der Waals surface area contributed by atoms with Gasteiger partial charge in [-0.1, -0.05) is 43.7 Å². The van der Waals surface area contributed by atoms with Gasteiger partial charge < -0.3 is 5.32 Å². The average Bonchev–Trinajstić information content (AvgIpc) is 2.42. The fraction of sp³-hybridized carbons (Fsp3) is 0.333. The first-order valence-electron chi connectivity index (χ1n) is 7.18. The molecule has 0 spiro atoms. The number of benzene rings is 2. The van der Waals surface area contributed by atoms with Gasteiger partial charge in [0.05, 0.1) is 5.56 Å². The van der Waals surface area contributed by atoms with Crippen molar-refractivity contribution in [2.24, 2.45) is 0 Å². The third-order valence-electron chi connectivity index (χ3n) is 3.52. The van der Waals surface area contributed by atoms with Crippen molar-refractivity contribution in [1.29, 1.82) is 0 Å². The van der Waals surface area contributed by atoms with E-state index in [-0.39, 0.29) is 5.56 Å². The normalized spacial score (nSPS) is 11.2. The van der Waals surface area contributed by atoms with E-state index in [1.54, 1.807) is 6.92 Å². The van der Waals surface area contributed by atoms with E-state index < -0.39 is 11.6 Å². The van der Waals surface area contributed by atoms with Crippen LogP contribution in [0.2, 0.25) is 0 Å². The van der Waals surface area contributed by atoms with E-state index in [0.717, 1.165) is 11.1 Å². The highest BCUT2D eigenvalue weighted by atomic mass is 19.1. The maximum absolute atomic E-state index is 14.4. The summed E-state index contributed by atoms with van der Waals surface area (Å²) in [5.74, 6) is -0.999. The predicted octanol–water partition coefficient (Wildman–Crippen LogP) is 4.75. The molecule has 0 radical (unpaired) electrons. The Morgan fingerprint density at radius 2 is 1.76 bits per heavy atom. The Bertz CT molecular complexity index is 648. The lowest BCUT2D eigenvalue weighted by Crippen LogP contribution is -2.22. The first-order valence-corrected chi connectivity index (χ1v) is 7.18. The molecule has 0 saturated heterocycles. The van der Waals surface area contributed by atoms with Gasteiger partial charge in [-0.25, -0.2) is 8.78 Å². The van der Waals surface area contributed by atoms with Crippen LogP contribution in [0.15, 0.2) is 30.3 Å². The van der Waals surface area contributed by atoms with Gasteiger partial charge in [-0.05, 0) is 36.6 Å². The molecule has 0 aliphatic heterocycles. The Morgan fingerprint density at radius 1 is 1.05 bits per heavy atom. The lowest BCUT2D eigenvalue weighted by atomic mass is 9.95. The van der Waals surface area contributed by atoms with Crippen molar-refractivity contribution in [3.63, 3.8) is 0 Å². The molecule has 0 aliphatic carbocycles. The van der Waals surface area contributed by atoms with Crippen LogP contribution in [0.25, 0.3) is 11.1 Å². The fourth-order valence-electron chi connectivity index (χ4n) is 2.29. The molecule has 0 bridgehead atoms. The Balaban J connectivity index is 2.57. The minimum atomic E-state index is -0.519. The maximum Gasteiger partial charge on any atom is 0.136 e. The molecule has 3 heteroatoms. The number of aryl methyl sites for hydroxylation is 2. The van der Waals surface area contributed by atoms with Crippen molar-refractivity contribution < 1.29 is 8.78 Å². The molecule has 112 valence electrons. The quantitative estimate of drug-likeness (QED) is 0.856. The van der Waals surface area contributed by atoms with Crippen molar-refractivity contribution in [2.75, 3.05) is 0 Å². The van der Waals surface area contributed by atoms with Crippen molar-refractivity contribution in [1.82, 2.24) is 5.32 Å². The van der Waals surface area contributed by atoms with Crippen LogP contribution in [-0.2, 0) is 6.54 Å². The SMILES string of the molecule is Cc1ccc(CNC(C)C)c(-c2c(F)ccc(C)c2F)c1. The zero-order valence-corrected chi connectivity index (χ0v) is 12.9. The van der Waals surface area contributed by atoms with Crippen LogP contribution in [0.4, 0.5) is 8.78 Å².